The van der Waals surface area contributed by atoms with Gasteiger partial charge in [-0.2, -0.15) is 0 Å². The van der Waals surface area contributed by atoms with E-state index in [0.29, 0.717) is 17.8 Å². The van der Waals surface area contributed by atoms with E-state index in [2.05, 4.69) is 16.9 Å². The number of aromatic nitrogens is 1. The van der Waals surface area contributed by atoms with Gasteiger partial charge in [0.25, 0.3) is 5.91 Å². The van der Waals surface area contributed by atoms with Crippen molar-refractivity contribution in [1.29, 1.82) is 0 Å². The van der Waals surface area contributed by atoms with E-state index in [9.17, 15) is 4.79 Å². The normalized spacial score (nSPS) is 27.8. The third kappa shape index (κ3) is 1.63. The lowest BCUT2D eigenvalue weighted by atomic mass is 9.87. The lowest BCUT2D eigenvalue weighted by Gasteiger charge is -2.55. The Labute approximate surface area is 101 Å². The van der Waals surface area contributed by atoms with Crippen molar-refractivity contribution in [3.05, 3.63) is 29.6 Å². The minimum Gasteiger partial charge on any atom is -0.329 e. The maximum Gasteiger partial charge on any atom is 0.273 e. The molecule has 0 saturated carbocycles. The summed E-state index contributed by atoms with van der Waals surface area (Å²) in [6.07, 6.45) is 2.85. The van der Waals surface area contributed by atoms with Crippen LogP contribution in [0.3, 0.4) is 0 Å². The van der Waals surface area contributed by atoms with Crippen LogP contribution in [0.2, 0.25) is 0 Å². The molecule has 2 bridgehead atoms. The van der Waals surface area contributed by atoms with Crippen LogP contribution < -0.4 is 0 Å². The quantitative estimate of drug-likeness (QED) is 0.721. The molecule has 2 atom stereocenters. The second-order valence-electron chi connectivity index (χ2n) is 5.15. The van der Waals surface area contributed by atoms with E-state index in [1.807, 2.05) is 24.0 Å². The van der Waals surface area contributed by atoms with Crippen LogP contribution >= 0.6 is 0 Å². The number of likely N-dealkylation sites (N-methyl/N-ethyl adjacent to an activating group) is 1. The molecule has 2 fully saturated rings. The van der Waals surface area contributed by atoms with Crippen molar-refractivity contribution >= 4 is 5.91 Å². The standard InChI is InChI=1S/C13H17N3O/c1-9-4-3-5-14-12(9)13(17)16-10-6-11(16)8-15(2)7-10/h3-5,10-11H,6-8H2,1-2H3. The number of pyridine rings is 1. The second kappa shape index (κ2) is 3.81. The number of rotatable bonds is 1. The molecule has 2 aliphatic heterocycles. The topological polar surface area (TPSA) is 36.4 Å². The summed E-state index contributed by atoms with van der Waals surface area (Å²) in [5.74, 6) is 0.109. The van der Waals surface area contributed by atoms with Crippen molar-refractivity contribution in [2.45, 2.75) is 25.4 Å². The lowest BCUT2D eigenvalue weighted by Crippen LogP contribution is -2.69. The Balaban J connectivity index is 1.83. The molecular weight excluding hydrogens is 214 g/mol. The lowest BCUT2D eigenvalue weighted by molar-refractivity contribution is -0.0401. The Bertz CT molecular complexity index is 448. The molecular formula is C13H17N3O. The van der Waals surface area contributed by atoms with Crippen molar-refractivity contribution in [2.24, 2.45) is 0 Å². The average Bonchev–Trinajstić information content (AvgIpc) is 2.28. The smallest absolute Gasteiger partial charge is 0.273 e. The molecule has 4 nitrogen and oxygen atoms in total. The maximum absolute atomic E-state index is 12.4. The largest absolute Gasteiger partial charge is 0.329 e. The van der Waals surface area contributed by atoms with Crippen LogP contribution in [0.4, 0.5) is 0 Å². The fourth-order valence-corrected chi connectivity index (χ4v) is 2.98. The molecule has 2 unspecified atom stereocenters. The fourth-order valence-electron chi connectivity index (χ4n) is 2.98. The second-order valence-corrected chi connectivity index (χ2v) is 5.15. The van der Waals surface area contributed by atoms with Gasteiger partial charge < -0.3 is 9.80 Å². The Morgan fingerprint density at radius 1 is 1.41 bits per heavy atom. The number of hydrogen-bond donors (Lipinski definition) is 0. The van der Waals surface area contributed by atoms with Gasteiger partial charge in [0.2, 0.25) is 0 Å². The zero-order valence-electron chi connectivity index (χ0n) is 10.3. The number of nitrogens with zero attached hydrogens (tertiary/aromatic N) is 3. The summed E-state index contributed by atoms with van der Waals surface area (Å²) in [5.41, 5.74) is 1.59. The molecule has 1 amide bonds. The van der Waals surface area contributed by atoms with Crippen LogP contribution in [0, 0.1) is 6.92 Å². The van der Waals surface area contributed by atoms with Crippen LogP contribution in [0.5, 0.6) is 0 Å². The minimum absolute atomic E-state index is 0.109. The van der Waals surface area contributed by atoms with Gasteiger partial charge in [0.15, 0.2) is 0 Å². The van der Waals surface area contributed by atoms with Crippen molar-refractivity contribution in [2.75, 3.05) is 20.1 Å². The molecule has 0 aliphatic carbocycles. The van der Waals surface area contributed by atoms with Gasteiger partial charge in [-0.05, 0) is 32.0 Å². The Morgan fingerprint density at radius 3 is 2.76 bits per heavy atom. The third-order valence-electron chi connectivity index (χ3n) is 3.82. The van der Waals surface area contributed by atoms with Crippen LogP contribution in [0.15, 0.2) is 18.3 Å². The number of piperidine rings is 1. The maximum atomic E-state index is 12.4. The Kier molecular flexibility index (Phi) is 2.40. The van der Waals surface area contributed by atoms with E-state index >= 15 is 0 Å². The van der Waals surface area contributed by atoms with Crippen molar-refractivity contribution < 1.29 is 4.79 Å². The van der Waals surface area contributed by atoms with Gasteiger partial charge in [-0.1, -0.05) is 6.07 Å². The molecule has 90 valence electrons. The van der Waals surface area contributed by atoms with Crippen LogP contribution in [-0.4, -0.2) is 52.9 Å². The first-order valence-corrected chi connectivity index (χ1v) is 6.09. The number of piperazine rings is 1. The van der Waals surface area contributed by atoms with Gasteiger partial charge in [0.05, 0.1) is 0 Å². The summed E-state index contributed by atoms with van der Waals surface area (Å²) in [7, 11) is 2.12. The highest BCUT2D eigenvalue weighted by molar-refractivity contribution is 5.94. The Hall–Kier alpha value is -1.42. The molecule has 0 N–H and O–H groups in total. The zero-order chi connectivity index (χ0) is 12.0. The molecule has 2 aliphatic rings. The number of hydrogen-bond acceptors (Lipinski definition) is 3. The highest BCUT2D eigenvalue weighted by Crippen LogP contribution is 2.33. The molecule has 3 heterocycles. The van der Waals surface area contributed by atoms with Crippen molar-refractivity contribution in [1.82, 2.24) is 14.8 Å². The van der Waals surface area contributed by atoms with E-state index in [1.54, 1.807) is 6.20 Å². The van der Waals surface area contributed by atoms with E-state index in [1.165, 1.54) is 0 Å². The van der Waals surface area contributed by atoms with E-state index in [-0.39, 0.29) is 5.91 Å². The zero-order valence-corrected chi connectivity index (χ0v) is 10.3. The number of likely N-dealkylation sites (tertiary alicyclic amines) is 2. The highest BCUT2D eigenvalue weighted by Gasteiger charge is 2.46. The number of amides is 1. The van der Waals surface area contributed by atoms with Gasteiger partial charge in [-0.25, -0.2) is 0 Å². The third-order valence-corrected chi connectivity index (χ3v) is 3.82. The summed E-state index contributed by atoms with van der Waals surface area (Å²) in [4.78, 5) is 21.0. The summed E-state index contributed by atoms with van der Waals surface area (Å²) in [6, 6.07) is 4.61. The monoisotopic (exact) mass is 231 g/mol. The Morgan fingerprint density at radius 2 is 2.12 bits per heavy atom. The number of carbonyl (C=O) groups excluding carboxylic acids is 1. The van der Waals surface area contributed by atoms with E-state index in [4.69, 9.17) is 0 Å². The van der Waals surface area contributed by atoms with Gasteiger partial charge >= 0.3 is 0 Å². The molecule has 0 spiro atoms. The van der Waals surface area contributed by atoms with Crippen LogP contribution in [0.25, 0.3) is 0 Å². The summed E-state index contributed by atoms with van der Waals surface area (Å²) in [5, 5.41) is 0. The summed E-state index contributed by atoms with van der Waals surface area (Å²) < 4.78 is 0. The van der Waals surface area contributed by atoms with Crippen molar-refractivity contribution in [3.63, 3.8) is 0 Å². The molecule has 17 heavy (non-hydrogen) atoms. The molecule has 0 radical (unpaired) electrons. The predicted octanol–water partition coefficient (Wildman–Crippen LogP) is 0.919. The molecule has 2 saturated heterocycles. The predicted molar refractivity (Wildman–Crippen MR) is 64.8 cm³/mol. The molecule has 1 aromatic heterocycles. The molecule has 0 aromatic carbocycles. The summed E-state index contributed by atoms with van der Waals surface area (Å²) >= 11 is 0. The first-order valence-electron chi connectivity index (χ1n) is 6.09. The van der Waals surface area contributed by atoms with E-state index in [0.717, 1.165) is 25.1 Å². The highest BCUT2D eigenvalue weighted by atomic mass is 16.2. The fraction of sp³-hybridized carbons (Fsp3) is 0.538. The number of carbonyl (C=O) groups is 1. The van der Waals surface area contributed by atoms with Crippen LogP contribution in [0.1, 0.15) is 22.5 Å². The van der Waals surface area contributed by atoms with Crippen LogP contribution in [-0.2, 0) is 0 Å². The SMILES string of the molecule is Cc1cccnc1C(=O)N1C2CC1CN(C)C2. The van der Waals surface area contributed by atoms with Gasteiger partial charge in [0.1, 0.15) is 5.69 Å². The first-order chi connectivity index (χ1) is 8.16. The first kappa shape index (κ1) is 10.7. The number of aryl methyl sites for hydroxylation is 1. The summed E-state index contributed by atoms with van der Waals surface area (Å²) in [6.45, 7) is 3.93. The molecule has 4 heteroatoms. The van der Waals surface area contributed by atoms with Gasteiger partial charge in [-0.15, -0.1) is 0 Å². The molecule has 3 rings (SSSR count). The van der Waals surface area contributed by atoms with Gasteiger partial charge in [-0.3, -0.25) is 9.78 Å². The molecule has 1 aromatic rings. The van der Waals surface area contributed by atoms with E-state index < -0.39 is 0 Å². The number of fused-ring (bicyclic) bond motifs is 2. The van der Waals surface area contributed by atoms with Crippen molar-refractivity contribution in [3.8, 4) is 0 Å². The van der Waals surface area contributed by atoms with Gasteiger partial charge in [0, 0.05) is 31.4 Å². The average molecular weight is 231 g/mol. The minimum atomic E-state index is 0.109.